The van der Waals surface area contributed by atoms with E-state index >= 15 is 0 Å². The van der Waals surface area contributed by atoms with Crippen LogP contribution in [0.2, 0.25) is 0 Å². The molecule has 2 unspecified atom stereocenters. The number of hydrogen-bond donors (Lipinski definition) is 1. The lowest BCUT2D eigenvalue weighted by atomic mass is 9.93. The maximum atomic E-state index is 3.54. The summed E-state index contributed by atoms with van der Waals surface area (Å²) in [6.07, 6.45) is 2.83. The van der Waals surface area contributed by atoms with Gasteiger partial charge in [-0.3, -0.25) is 4.90 Å². The lowest BCUT2D eigenvalue weighted by Gasteiger charge is -2.45. The van der Waals surface area contributed by atoms with Crippen LogP contribution in [0, 0.1) is 0 Å². The fraction of sp³-hybridized carbons (Fsp3) is 1.00. The van der Waals surface area contributed by atoms with Crippen molar-refractivity contribution >= 4 is 24.8 Å². The number of fused-ring (bicyclic) bond motifs is 3. The van der Waals surface area contributed by atoms with Gasteiger partial charge in [-0.25, -0.2) is 0 Å². The van der Waals surface area contributed by atoms with Crippen LogP contribution < -0.4 is 5.32 Å². The predicted octanol–water partition coefficient (Wildman–Crippen LogP) is 1.29. The SMILES string of the molecule is CCN1CC2CCC1CN2.Cl.Cl. The highest BCUT2D eigenvalue weighted by atomic mass is 35.5. The number of piperazine rings is 1. The molecule has 0 saturated carbocycles. The van der Waals surface area contributed by atoms with Gasteiger partial charge in [-0.05, 0) is 19.4 Å². The molecule has 3 fully saturated rings. The van der Waals surface area contributed by atoms with E-state index in [0.29, 0.717) is 0 Å². The van der Waals surface area contributed by atoms with Gasteiger partial charge in [0.25, 0.3) is 0 Å². The van der Waals surface area contributed by atoms with Crippen molar-refractivity contribution in [2.75, 3.05) is 19.6 Å². The first-order chi connectivity index (χ1) is 4.90. The van der Waals surface area contributed by atoms with E-state index in [0.717, 1.165) is 12.1 Å². The van der Waals surface area contributed by atoms with E-state index in [1.54, 1.807) is 0 Å². The Morgan fingerprint density at radius 2 is 2.08 bits per heavy atom. The van der Waals surface area contributed by atoms with Crippen molar-refractivity contribution < 1.29 is 0 Å². The second kappa shape index (κ2) is 5.28. The van der Waals surface area contributed by atoms with Gasteiger partial charge in [-0.2, -0.15) is 0 Å². The first-order valence-electron chi connectivity index (χ1n) is 4.37. The molecule has 0 spiro atoms. The Morgan fingerprint density at radius 1 is 1.33 bits per heavy atom. The first kappa shape index (κ1) is 12.5. The minimum absolute atomic E-state index is 0. The van der Waals surface area contributed by atoms with Crippen molar-refractivity contribution in [3.63, 3.8) is 0 Å². The largest absolute Gasteiger partial charge is 0.311 e. The molecule has 3 saturated heterocycles. The molecule has 3 rings (SSSR count). The van der Waals surface area contributed by atoms with Crippen molar-refractivity contribution in [1.82, 2.24) is 10.2 Å². The Bertz CT molecular complexity index is 124. The van der Waals surface area contributed by atoms with E-state index in [1.165, 1.54) is 32.5 Å². The lowest BCUT2D eigenvalue weighted by molar-refractivity contribution is 0.0807. The molecule has 1 N–H and O–H groups in total. The second-order valence-corrected chi connectivity index (χ2v) is 3.42. The quantitative estimate of drug-likeness (QED) is 0.706. The van der Waals surface area contributed by atoms with Crippen molar-refractivity contribution in [2.24, 2.45) is 0 Å². The van der Waals surface area contributed by atoms with Gasteiger partial charge < -0.3 is 5.32 Å². The van der Waals surface area contributed by atoms with E-state index in [-0.39, 0.29) is 24.8 Å². The summed E-state index contributed by atoms with van der Waals surface area (Å²) in [5.74, 6) is 0. The van der Waals surface area contributed by atoms with Crippen LogP contribution in [0.1, 0.15) is 19.8 Å². The summed E-state index contributed by atoms with van der Waals surface area (Å²) in [5.41, 5.74) is 0. The zero-order valence-corrected chi connectivity index (χ0v) is 9.09. The third-order valence-electron chi connectivity index (χ3n) is 2.87. The third kappa shape index (κ3) is 2.25. The van der Waals surface area contributed by atoms with Crippen LogP contribution in [0.15, 0.2) is 0 Å². The average molecular weight is 213 g/mol. The Labute approximate surface area is 86.9 Å². The zero-order chi connectivity index (χ0) is 6.97. The summed E-state index contributed by atoms with van der Waals surface area (Å²) in [4.78, 5) is 2.60. The fourth-order valence-electron chi connectivity index (χ4n) is 2.19. The van der Waals surface area contributed by atoms with Crippen LogP contribution >= 0.6 is 24.8 Å². The van der Waals surface area contributed by atoms with Crippen LogP contribution in [-0.2, 0) is 0 Å². The summed E-state index contributed by atoms with van der Waals surface area (Å²) in [6, 6.07) is 1.67. The molecule has 4 heteroatoms. The van der Waals surface area contributed by atoms with Crippen molar-refractivity contribution in [2.45, 2.75) is 31.8 Å². The van der Waals surface area contributed by atoms with Gasteiger partial charge in [-0.15, -0.1) is 24.8 Å². The van der Waals surface area contributed by atoms with Gasteiger partial charge in [0.15, 0.2) is 0 Å². The number of likely N-dealkylation sites (N-methyl/N-ethyl adjacent to an activating group) is 1. The van der Waals surface area contributed by atoms with E-state index < -0.39 is 0 Å². The minimum atomic E-state index is 0. The summed E-state index contributed by atoms with van der Waals surface area (Å²) >= 11 is 0. The van der Waals surface area contributed by atoms with Crippen molar-refractivity contribution in [3.05, 3.63) is 0 Å². The zero-order valence-electron chi connectivity index (χ0n) is 7.45. The summed E-state index contributed by atoms with van der Waals surface area (Å²) in [7, 11) is 0. The summed E-state index contributed by atoms with van der Waals surface area (Å²) in [6.45, 7) is 6.03. The molecule has 0 aromatic carbocycles. The van der Waals surface area contributed by atoms with E-state index in [9.17, 15) is 0 Å². The molecule has 0 aliphatic carbocycles. The van der Waals surface area contributed by atoms with Gasteiger partial charge in [0.05, 0.1) is 0 Å². The monoisotopic (exact) mass is 212 g/mol. The molecule has 12 heavy (non-hydrogen) atoms. The molecule has 0 amide bonds. The Kier molecular flexibility index (Phi) is 5.50. The van der Waals surface area contributed by atoms with Crippen LogP contribution in [0.3, 0.4) is 0 Å². The topological polar surface area (TPSA) is 15.3 Å². The molecule has 3 heterocycles. The van der Waals surface area contributed by atoms with Crippen LogP contribution in [0.4, 0.5) is 0 Å². The smallest absolute Gasteiger partial charge is 0.0221 e. The van der Waals surface area contributed by atoms with Crippen LogP contribution in [-0.4, -0.2) is 36.6 Å². The van der Waals surface area contributed by atoms with E-state index in [2.05, 4.69) is 17.1 Å². The normalized spacial score (nSPS) is 33.8. The molecule has 2 bridgehead atoms. The number of nitrogens with one attached hydrogen (secondary N) is 1. The number of halogens is 2. The number of nitrogens with zero attached hydrogens (tertiary/aromatic N) is 1. The van der Waals surface area contributed by atoms with E-state index in [1.807, 2.05) is 0 Å². The van der Waals surface area contributed by atoms with Crippen LogP contribution in [0.5, 0.6) is 0 Å². The van der Waals surface area contributed by atoms with Gasteiger partial charge in [0, 0.05) is 25.2 Å². The molecule has 0 aromatic rings. The predicted molar refractivity (Wildman–Crippen MR) is 56.6 cm³/mol. The number of hydrogen-bond acceptors (Lipinski definition) is 2. The van der Waals surface area contributed by atoms with Gasteiger partial charge in [0.1, 0.15) is 0 Å². The van der Waals surface area contributed by atoms with Gasteiger partial charge >= 0.3 is 0 Å². The Morgan fingerprint density at radius 3 is 2.33 bits per heavy atom. The van der Waals surface area contributed by atoms with Gasteiger partial charge in [-0.1, -0.05) is 6.92 Å². The molecular formula is C8H18Cl2N2. The molecule has 74 valence electrons. The third-order valence-corrected chi connectivity index (χ3v) is 2.87. The van der Waals surface area contributed by atoms with Gasteiger partial charge in [0.2, 0.25) is 0 Å². The molecule has 0 aromatic heterocycles. The molecule has 3 aliphatic rings. The number of rotatable bonds is 1. The summed E-state index contributed by atoms with van der Waals surface area (Å²) < 4.78 is 0. The number of piperidine rings is 2. The summed E-state index contributed by atoms with van der Waals surface area (Å²) in [5, 5.41) is 3.54. The average Bonchev–Trinajstić information content (AvgIpc) is 2.06. The molecule has 0 radical (unpaired) electrons. The highest BCUT2D eigenvalue weighted by molar-refractivity contribution is 5.85. The minimum Gasteiger partial charge on any atom is -0.311 e. The maximum absolute atomic E-state index is 3.54. The van der Waals surface area contributed by atoms with Crippen molar-refractivity contribution in [1.29, 1.82) is 0 Å². The lowest BCUT2D eigenvalue weighted by Crippen LogP contribution is -2.60. The standard InChI is InChI=1S/C8H16N2.2ClH/c1-2-10-6-7-3-4-8(10)5-9-7;;/h7-9H,2-6H2,1H3;2*1H. The molecular weight excluding hydrogens is 195 g/mol. The first-order valence-corrected chi connectivity index (χ1v) is 4.37. The molecule has 2 atom stereocenters. The maximum Gasteiger partial charge on any atom is 0.0221 e. The Hall–Kier alpha value is 0.500. The second-order valence-electron chi connectivity index (χ2n) is 3.42. The van der Waals surface area contributed by atoms with Crippen LogP contribution in [0.25, 0.3) is 0 Å². The van der Waals surface area contributed by atoms with E-state index in [4.69, 9.17) is 0 Å². The Balaban J connectivity index is 0.000000605. The molecule has 3 aliphatic heterocycles. The fourth-order valence-corrected chi connectivity index (χ4v) is 2.19. The highest BCUT2D eigenvalue weighted by Gasteiger charge is 2.31. The highest BCUT2D eigenvalue weighted by Crippen LogP contribution is 2.21. The molecule has 2 nitrogen and oxygen atoms in total. The van der Waals surface area contributed by atoms with Crippen molar-refractivity contribution in [3.8, 4) is 0 Å².